The molecule has 136 valence electrons. The van der Waals surface area contributed by atoms with Gasteiger partial charge in [0.15, 0.2) is 5.78 Å². The molecule has 28 heavy (non-hydrogen) atoms. The Hall–Kier alpha value is -3.43. The maximum Gasteiger partial charge on any atom is 0.185 e. The third kappa shape index (κ3) is 3.95. The van der Waals surface area contributed by atoms with Gasteiger partial charge in [0, 0.05) is 27.9 Å². The third-order valence-electron chi connectivity index (χ3n) is 4.35. The zero-order chi connectivity index (χ0) is 19.3. The number of halogens is 1. The van der Waals surface area contributed by atoms with Crippen molar-refractivity contribution >= 4 is 23.5 Å². The molecule has 1 aromatic heterocycles. The van der Waals surface area contributed by atoms with Crippen LogP contribution in [-0.4, -0.2) is 15.6 Å². The normalized spacial score (nSPS) is 11.0. The van der Waals surface area contributed by atoms with E-state index in [2.05, 4.69) is 0 Å². The summed E-state index contributed by atoms with van der Waals surface area (Å²) in [7, 11) is 0. The van der Waals surface area contributed by atoms with Crippen molar-refractivity contribution in [2.24, 2.45) is 0 Å². The van der Waals surface area contributed by atoms with Crippen LogP contribution < -0.4 is 0 Å². The Morgan fingerprint density at radius 3 is 2.18 bits per heavy atom. The zero-order valence-corrected chi connectivity index (χ0v) is 15.8. The van der Waals surface area contributed by atoms with Crippen LogP contribution >= 0.6 is 11.6 Å². The first kappa shape index (κ1) is 18.0. The smallest absolute Gasteiger partial charge is 0.185 e. The largest absolute Gasteiger partial charge is 0.289 e. The molecule has 0 spiro atoms. The van der Waals surface area contributed by atoms with E-state index in [9.17, 15) is 4.79 Å². The second kappa shape index (κ2) is 8.07. The van der Waals surface area contributed by atoms with Gasteiger partial charge in [-0.3, -0.25) is 4.79 Å². The molecule has 0 saturated carbocycles. The van der Waals surface area contributed by atoms with E-state index in [4.69, 9.17) is 16.7 Å². The fourth-order valence-corrected chi connectivity index (χ4v) is 3.04. The lowest BCUT2D eigenvalue weighted by atomic mass is 10.1. The Morgan fingerprint density at radius 1 is 0.857 bits per heavy atom. The van der Waals surface area contributed by atoms with Crippen molar-refractivity contribution in [2.75, 3.05) is 0 Å². The summed E-state index contributed by atoms with van der Waals surface area (Å²) in [6, 6.07) is 26.7. The van der Waals surface area contributed by atoms with Crippen LogP contribution in [0.15, 0.2) is 97.2 Å². The molecule has 0 aliphatic rings. The molecule has 0 saturated heterocycles. The van der Waals surface area contributed by atoms with Gasteiger partial charge in [-0.2, -0.15) is 5.10 Å². The highest BCUT2D eigenvalue weighted by Gasteiger charge is 2.11. The molecular weight excluding hydrogens is 368 g/mol. The molecule has 3 nitrogen and oxygen atoms in total. The molecule has 4 heteroatoms. The fraction of sp³-hybridized carbons (Fsp3) is 0. The number of rotatable bonds is 5. The number of allylic oxidation sites excluding steroid dienone is 1. The molecule has 0 aliphatic heterocycles. The van der Waals surface area contributed by atoms with Crippen LogP contribution in [0.4, 0.5) is 0 Å². The van der Waals surface area contributed by atoms with Crippen LogP contribution in [0.1, 0.15) is 15.9 Å². The molecule has 1 heterocycles. The van der Waals surface area contributed by atoms with Gasteiger partial charge >= 0.3 is 0 Å². The van der Waals surface area contributed by atoms with Gasteiger partial charge in [-0.1, -0.05) is 60.1 Å². The topological polar surface area (TPSA) is 34.9 Å². The molecule has 0 fully saturated rings. The van der Waals surface area contributed by atoms with Gasteiger partial charge in [-0.15, -0.1) is 0 Å². The summed E-state index contributed by atoms with van der Waals surface area (Å²) >= 11 is 5.90. The van der Waals surface area contributed by atoms with Crippen LogP contribution in [0.3, 0.4) is 0 Å². The molecule has 0 radical (unpaired) electrons. The van der Waals surface area contributed by atoms with Crippen LogP contribution in [-0.2, 0) is 0 Å². The number of hydrogen-bond donors (Lipinski definition) is 0. The summed E-state index contributed by atoms with van der Waals surface area (Å²) in [5.41, 5.74) is 4.25. The van der Waals surface area contributed by atoms with Gasteiger partial charge < -0.3 is 0 Å². The highest BCUT2D eigenvalue weighted by Crippen LogP contribution is 2.25. The number of nitrogens with zero attached hydrogens (tertiary/aromatic N) is 2. The van der Waals surface area contributed by atoms with Gasteiger partial charge in [-0.05, 0) is 48.6 Å². The summed E-state index contributed by atoms with van der Waals surface area (Å²) in [6.07, 6.45) is 5.32. The summed E-state index contributed by atoms with van der Waals surface area (Å²) in [5.74, 6) is -0.0804. The maximum atomic E-state index is 12.5. The molecule has 0 amide bonds. The lowest BCUT2D eigenvalue weighted by molar-refractivity contribution is 0.104. The van der Waals surface area contributed by atoms with E-state index < -0.39 is 0 Å². The monoisotopic (exact) mass is 384 g/mol. The Bertz CT molecular complexity index is 1110. The summed E-state index contributed by atoms with van der Waals surface area (Å²) in [6.45, 7) is 0. The second-order valence-corrected chi connectivity index (χ2v) is 6.72. The molecule has 3 aromatic carbocycles. The number of carbonyl (C=O) groups is 1. The zero-order valence-electron chi connectivity index (χ0n) is 15.0. The lowest BCUT2D eigenvalue weighted by Crippen LogP contribution is -1.93. The Balaban J connectivity index is 1.71. The summed E-state index contributed by atoms with van der Waals surface area (Å²) in [5, 5.41) is 5.36. The van der Waals surface area contributed by atoms with Crippen molar-refractivity contribution in [1.82, 2.24) is 9.78 Å². The van der Waals surface area contributed by atoms with Crippen LogP contribution in [0.5, 0.6) is 0 Å². The van der Waals surface area contributed by atoms with Gasteiger partial charge in [0.2, 0.25) is 0 Å². The van der Waals surface area contributed by atoms with E-state index in [-0.39, 0.29) is 5.78 Å². The SMILES string of the molecule is O=C(/C=C/c1cn(-c2ccccc2)nc1-c1ccccc1)c1ccc(Cl)cc1. The van der Waals surface area contributed by atoms with E-state index in [0.29, 0.717) is 10.6 Å². The minimum absolute atomic E-state index is 0.0804. The Morgan fingerprint density at radius 2 is 1.50 bits per heavy atom. The van der Waals surface area contributed by atoms with Crippen molar-refractivity contribution in [1.29, 1.82) is 0 Å². The third-order valence-corrected chi connectivity index (χ3v) is 4.61. The molecule has 0 bridgehead atoms. The van der Waals surface area contributed by atoms with Gasteiger partial charge in [-0.25, -0.2) is 4.68 Å². The fourth-order valence-electron chi connectivity index (χ4n) is 2.92. The standard InChI is InChI=1S/C24H17ClN2O/c25-21-14-11-18(12-15-21)23(28)16-13-20-17-27(22-9-5-2-6-10-22)26-24(20)19-7-3-1-4-8-19/h1-17H/b16-13+. The van der Waals surface area contributed by atoms with Crippen molar-refractivity contribution in [2.45, 2.75) is 0 Å². The van der Waals surface area contributed by atoms with Crippen LogP contribution in [0.2, 0.25) is 5.02 Å². The molecular formula is C24H17ClN2O. The maximum absolute atomic E-state index is 12.5. The molecule has 0 N–H and O–H groups in total. The van der Waals surface area contributed by atoms with Gasteiger partial charge in [0.05, 0.1) is 11.4 Å². The number of para-hydroxylation sites is 1. The quantitative estimate of drug-likeness (QED) is 0.308. The Kier molecular flexibility index (Phi) is 5.18. The molecule has 0 atom stereocenters. The lowest BCUT2D eigenvalue weighted by Gasteiger charge is -2.00. The van der Waals surface area contributed by atoms with Crippen LogP contribution in [0.25, 0.3) is 23.0 Å². The van der Waals surface area contributed by atoms with E-state index in [1.165, 1.54) is 0 Å². The van der Waals surface area contributed by atoms with Crippen molar-refractivity contribution in [3.63, 3.8) is 0 Å². The first-order valence-electron chi connectivity index (χ1n) is 8.89. The Labute approximate surface area is 168 Å². The van der Waals surface area contributed by atoms with Gasteiger partial charge in [0.25, 0.3) is 0 Å². The van der Waals surface area contributed by atoms with E-state index >= 15 is 0 Å². The number of carbonyl (C=O) groups excluding carboxylic acids is 1. The van der Waals surface area contributed by atoms with E-state index in [0.717, 1.165) is 22.5 Å². The molecule has 0 unspecified atom stereocenters. The predicted octanol–water partition coefficient (Wildman–Crippen LogP) is 6.09. The highest BCUT2D eigenvalue weighted by atomic mass is 35.5. The first-order chi connectivity index (χ1) is 13.7. The molecule has 4 aromatic rings. The van der Waals surface area contributed by atoms with E-state index in [1.807, 2.05) is 77.6 Å². The van der Waals surface area contributed by atoms with Crippen molar-refractivity contribution < 1.29 is 4.79 Å². The van der Waals surface area contributed by atoms with Gasteiger partial charge in [0.1, 0.15) is 0 Å². The number of hydrogen-bond acceptors (Lipinski definition) is 2. The van der Waals surface area contributed by atoms with Crippen LogP contribution in [0, 0.1) is 0 Å². The number of ketones is 1. The average Bonchev–Trinajstić information content (AvgIpc) is 3.18. The number of aromatic nitrogens is 2. The first-order valence-corrected chi connectivity index (χ1v) is 9.27. The minimum Gasteiger partial charge on any atom is -0.289 e. The molecule has 4 rings (SSSR count). The summed E-state index contributed by atoms with van der Waals surface area (Å²) < 4.78 is 1.83. The highest BCUT2D eigenvalue weighted by molar-refractivity contribution is 6.30. The number of benzene rings is 3. The summed E-state index contributed by atoms with van der Waals surface area (Å²) in [4.78, 5) is 12.5. The van der Waals surface area contributed by atoms with Crippen molar-refractivity contribution in [3.8, 4) is 16.9 Å². The second-order valence-electron chi connectivity index (χ2n) is 6.28. The van der Waals surface area contributed by atoms with E-state index in [1.54, 1.807) is 30.3 Å². The minimum atomic E-state index is -0.0804. The average molecular weight is 385 g/mol. The van der Waals surface area contributed by atoms with Crippen molar-refractivity contribution in [3.05, 3.63) is 113 Å². The predicted molar refractivity (Wildman–Crippen MR) is 114 cm³/mol. The molecule has 0 aliphatic carbocycles.